The molecule has 1 aromatic carbocycles. The van der Waals surface area contributed by atoms with Crippen molar-refractivity contribution in [2.75, 3.05) is 0 Å². The van der Waals surface area contributed by atoms with Gasteiger partial charge in [-0.2, -0.15) is 5.10 Å². The molecule has 1 atom stereocenters. The zero-order chi connectivity index (χ0) is 14.1. The molecular weight excluding hydrogens is 270 g/mol. The highest BCUT2D eigenvalue weighted by atomic mass is 35.5. The van der Waals surface area contributed by atoms with Gasteiger partial charge in [-0.05, 0) is 48.9 Å². The third-order valence-electron chi connectivity index (χ3n) is 3.91. The van der Waals surface area contributed by atoms with Crippen molar-refractivity contribution in [2.45, 2.75) is 25.7 Å². The molecule has 0 spiro atoms. The van der Waals surface area contributed by atoms with Gasteiger partial charge in [0, 0.05) is 16.8 Å². The standard InChI is InChI=1S/C16H16ClN3/c1-10-6-7-19-14-8-11(9-15(20-18)16(10)14)12-4-2-3-5-13(12)17/h2-7,11H,8-9,18H2,1H3/b20-15+/t11-/m0/s1. The van der Waals surface area contributed by atoms with Crippen LogP contribution in [0.4, 0.5) is 0 Å². The van der Waals surface area contributed by atoms with Crippen LogP contribution in [0.3, 0.4) is 0 Å². The maximum absolute atomic E-state index is 6.32. The second-order valence-electron chi connectivity index (χ2n) is 5.15. The molecule has 0 bridgehead atoms. The van der Waals surface area contributed by atoms with E-state index < -0.39 is 0 Å². The van der Waals surface area contributed by atoms with E-state index >= 15 is 0 Å². The lowest BCUT2D eigenvalue weighted by molar-refractivity contribution is 0.677. The predicted molar refractivity (Wildman–Crippen MR) is 82.2 cm³/mol. The Morgan fingerprint density at radius 1 is 1.25 bits per heavy atom. The molecule has 1 aliphatic rings. The van der Waals surface area contributed by atoms with E-state index in [0.29, 0.717) is 0 Å². The third-order valence-corrected chi connectivity index (χ3v) is 4.25. The number of hydrogen-bond acceptors (Lipinski definition) is 3. The minimum atomic E-state index is 0.285. The van der Waals surface area contributed by atoms with E-state index in [9.17, 15) is 0 Å². The molecule has 102 valence electrons. The van der Waals surface area contributed by atoms with Gasteiger partial charge in [0.05, 0.1) is 11.4 Å². The van der Waals surface area contributed by atoms with E-state index in [4.69, 9.17) is 17.4 Å². The number of pyridine rings is 1. The van der Waals surface area contributed by atoms with E-state index in [-0.39, 0.29) is 5.92 Å². The van der Waals surface area contributed by atoms with Crippen LogP contribution in [0.5, 0.6) is 0 Å². The van der Waals surface area contributed by atoms with Gasteiger partial charge in [0.25, 0.3) is 0 Å². The summed E-state index contributed by atoms with van der Waals surface area (Å²) in [5.74, 6) is 5.88. The number of fused-ring (bicyclic) bond motifs is 1. The first-order chi connectivity index (χ1) is 9.70. The highest BCUT2D eigenvalue weighted by molar-refractivity contribution is 6.31. The number of aryl methyl sites for hydroxylation is 1. The molecule has 0 radical (unpaired) electrons. The Balaban J connectivity index is 2.07. The van der Waals surface area contributed by atoms with E-state index in [1.807, 2.05) is 30.5 Å². The molecule has 20 heavy (non-hydrogen) atoms. The molecule has 4 heteroatoms. The maximum Gasteiger partial charge on any atom is 0.0699 e. The summed E-state index contributed by atoms with van der Waals surface area (Å²) in [5, 5.41) is 4.78. The number of aromatic nitrogens is 1. The van der Waals surface area contributed by atoms with Crippen LogP contribution in [0, 0.1) is 6.92 Å². The number of hydrogen-bond donors (Lipinski definition) is 1. The van der Waals surface area contributed by atoms with Crippen LogP contribution >= 0.6 is 11.6 Å². The predicted octanol–water partition coefficient (Wildman–Crippen LogP) is 3.44. The van der Waals surface area contributed by atoms with Crippen molar-refractivity contribution in [2.24, 2.45) is 10.9 Å². The third kappa shape index (κ3) is 2.18. The molecule has 0 unspecified atom stereocenters. The van der Waals surface area contributed by atoms with Crippen LogP contribution in [-0.4, -0.2) is 10.7 Å². The van der Waals surface area contributed by atoms with Crippen LogP contribution in [0.15, 0.2) is 41.6 Å². The van der Waals surface area contributed by atoms with Crippen molar-refractivity contribution in [3.63, 3.8) is 0 Å². The van der Waals surface area contributed by atoms with Gasteiger partial charge in [-0.3, -0.25) is 4.98 Å². The van der Waals surface area contributed by atoms with Gasteiger partial charge < -0.3 is 5.84 Å². The first kappa shape index (κ1) is 13.1. The fourth-order valence-corrected chi connectivity index (χ4v) is 3.24. The molecular formula is C16H16ClN3. The molecule has 0 saturated heterocycles. The largest absolute Gasteiger partial charge is 0.323 e. The number of benzene rings is 1. The summed E-state index contributed by atoms with van der Waals surface area (Å²) in [4.78, 5) is 4.50. The molecule has 1 aliphatic carbocycles. The Kier molecular flexibility index (Phi) is 3.45. The summed E-state index contributed by atoms with van der Waals surface area (Å²) < 4.78 is 0. The highest BCUT2D eigenvalue weighted by Gasteiger charge is 2.28. The summed E-state index contributed by atoms with van der Waals surface area (Å²) in [6.45, 7) is 2.07. The van der Waals surface area contributed by atoms with Crippen molar-refractivity contribution in [3.05, 3.63) is 63.9 Å². The molecule has 1 aromatic heterocycles. The van der Waals surface area contributed by atoms with Crippen molar-refractivity contribution >= 4 is 17.3 Å². The quantitative estimate of drug-likeness (QED) is 0.644. The summed E-state index contributed by atoms with van der Waals surface area (Å²) >= 11 is 6.32. The van der Waals surface area contributed by atoms with Gasteiger partial charge in [-0.25, -0.2) is 0 Å². The van der Waals surface area contributed by atoms with Gasteiger partial charge in [-0.1, -0.05) is 29.8 Å². The molecule has 2 N–H and O–H groups in total. The monoisotopic (exact) mass is 285 g/mol. The van der Waals surface area contributed by atoms with Crippen LogP contribution in [0.1, 0.15) is 34.7 Å². The van der Waals surface area contributed by atoms with Crippen LogP contribution < -0.4 is 5.84 Å². The number of hydrazone groups is 1. The SMILES string of the molecule is Cc1ccnc2c1/C(=N/N)C[C@@H](c1ccccc1Cl)C2. The topological polar surface area (TPSA) is 51.3 Å². The van der Waals surface area contributed by atoms with E-state index in [1.54, 1.807) is 0 Å². The second-order valence-corrected chi connectivity index (χ2v) is 5.56. The lowest BCUT2D eigenvalue weighted by atomic mass is 9.80. The normalized spacial score (nSPS) is 19.9. The number of rotatable bonds is 1. The average molecular weight is 286 g/mol. The zero-order valence-corrected chi connectivity index (χ0v) is 12.1. The van der Waals surface area contributed by atoms with Crippen molar-refractivity contribution < 1.29 is 0 Å². The number of nitrogens with two attached hydrogens (primary N) is 1. The Bertz CT molecular complexity index is 679. The van der Waals surface area contributed by atoms with Gasteiger partial charge in [0.15, 0.2) is 0 Å². The van der Waals surface area contributed by atoms with E-state index in [1.165, 1.54) is 5.56 Å². The van der Waals surface area contributed by atoms with Crippen LogP contribution in [0.2, 0.25) is 5.02 Å². The summed E-state index contributed by atoms with van der Waals surface area (Å²) in [7, 11) is 0. The molecule has 1 heterocycles. The summed E-state index contributed by atoms with van der Waals surface area (Å²) in [5.41, 5.74) is 5.41. The minimum Gasteiger partial charge on any atom is -0.323 e. The Morgan fingerprint density at radius 3 is 2.80 bits per heavy atom. The molecule has 3 nitrogen and oxygen atoms in total. The second kappa shape index (κ2) is 5.25. The molecule has 2 aromatic rings. The molecule has 0 aliphatic heterocycles. The zero-order valence-electron chi connectivity index (χ0n) is 11.3. The highest BCUT2D eigenvalue weighted by Crippen LogP contribution is 2.36. The van der Waals surface area contributed by atoms with Gasteiger partial charge in [0.2, 0.25) is 0 Å². The maximum atomic E-state index is 6.32. The summed E-state index contributed by atoms with van der Waals surface area (Å²) in [6, 6.07) is 9.96. The molecule has 0 amide bonds. The lowest BCUT2D eigenvalue weighted by Crippen LogP contribution is -2.23. The fourth-order valence-electron chi connectivity index (χ4n) is 2.95. The van der Waals surface area contributed by atoms with Crippen LogP contribution in [0.25, 0.3) is 0 Å². The van der Waals surface area contributed by atoms with Crippen molar-refractivity contribution in [1.82, 2.24) is 4.98 Å². The first-order valence-corrected chi connectivity index (χ1v) is 7.04. The molecule has 3 rings (SSSR count). The lowest BCUT2D eigenvalue weighted by Gasteiger charge is -2.26. The van der Waals surface area contributed by atoms with Gasteiger partial charge in [-0.15, -0.1) is 0 Å². The van der Waals surface area contributed by atoms with Crippen molar-refractivity contribution in [1.29, 1.82) is 0 Å². The molecule has 0 saturated carbocycles. The van der Waals surface area contributed by atoms with Gasteiger partial charge >= 0.3 is 0 Å². The van der Waals surface area contributed by atoms with E-state index in [2.05, 4.69) is 23.1 Å². The number of nitrogens with zero attached hydrogens (tertiary/aromatic N) is 2. The number of halogens is 1. The first-order valence-electron chi connectivity index (χ1n) is 6.66. The van der Waals surface area contributed by atoms with Crippen LogP contribution in [-0.2, 0) is 6.42 Å². The Hall–Kier alpha value is -1.87. The smallest absolute Gasteiger partial charge is 0.0699 e. The Labute approximate surface area is 123 Å². The Morgan fingerprint density at radius 2 is 2.05 bits per heavy atom. The fraction of sp³-hybridized carbons (Fsp3) is 0.250. The molecule has 0 fully saturated rings. The minimum absolute atomic E-state index is 0.285. The van der Waals surface area contributed by atoms with E-state index in [0.717, 1.165) is 40.4 Å². The van der Waals surface area contributed by atoms with Gasteiger partial charge in [0.1, 0.15) is 0 Å². The van der Waals surface area contributed by atoms with Crippen molar-refractivity contribution in [3.8, 4) is 0 Å². The summed E-state index contributed by atoms with van der Waals surface area (Å²) in [6.07, 6.45) is 3.52. The average Bonchev–Trinajstić information content (AvgIpc) is 2.47.